The Bertz CT molecular complexity index is 490. The Kier molecular flexibility index (Phi) is 7.60. The molecule has 22 heavy (non-hydrogen) atoms. The molecule has 0 atom stereocenters. The van der Waals surface area contributed by atoms with E-state index in [0.29, 0.717) is 6.54 Å². The highest BCUT2D eigenvalue weighted by atomic mass is 16.2. The standard InChI is InChI=1S/C17H27N3O2/c1-5-13-8-7-9-14(6-2)17(13)19-16(22)12-15(21)18-10-11-20(3)4/h7-9H,5-6,10-12H2,1-4H3,(H,18,21)(H,19,22). The summed E-state index contributed by atoms with van der Waals surface area (Å²) in [7, 11) is 3.87. The van der Waals surface area contributed by atoms with Crippen molar-refractivity contribution < 1.29 is 9.59 Å². The van der Waals surface area contributed by atoms with E-state index in [4.69, 9.17) is 0 Å². The topological polar surface area (TPSA) is 61.4 Å². The lowest BCUT2D eigenvalue weighted by atomic mass is 10.0. The van der Waals surface area contributed by atoms with Gasteiger partial charge < -0.3 is 15.5 Å². The van der Waals surface area contributed by atoms with E-state index in [1.807, 2.05) is 37.2 Å². The fraction of sp³-hybridized carbons (Fsp3) is 0.529. The van der Waals surface area contributed by atoms with E-state index in [-0.39, 0.29) is 18.2 Å². The molecule has 2 N–H and O–H groups in total. The molecular weight excluding hydrogens is 278 g/mol. The Labute approximate surface area is 133 Å². The van der Waals surface area contributed by atoms with Gasteiger partial charge in [0, 0.05) is 18.8 Å². The molecule has 0 saturated heterocycles. The molecule has 1 aromatic rings. The van der Waals surface area contributed by atoms with Crippen LogP contribution in [0.1, 0.15) is 31.4 Å². The van der Waals surface area contributed by atoms with Crippen LogP contribution in [-0.2, 0) is 22.4 Å². The normalized spacial score (nSPS) is 10.6. The molecule has 0 heterocycles. The van der Waals surface area contributed by atoms with Gasteiger partial charge in [0.05, 0.1) is 0 Å². The largest absolute Gasteiger partial charge is 0.354 e. The number of para-hydroxylation sites is 1. The third-order valence-corrected chi connectivity index (χ3v) is 3.47. The van der Waals surface area contributed by atoms with Crippen LogP contribution in [-0.4, -0.2) is 43.9 Å². The summed E-state index contributed by atoms with van der Waals surface area (Å²) in [5.74, 6) is -0.510. The molecule has 5 heteroatoms. The van der Waals surface area contributed by atoms with Crippen molar-refractivity contribution in [2.75, 3.05) is 32.5 Å². The zero-order valence-electron chi connectivity index (χ0n) is 14.0. The predicted octanol–water partition coefficient (Wildman–Crippen LogP) is 1.82. The van der Waals surface area contributed by atoms with Gasteiger partial charge in [-0.3, -0.25) is 9.59 Å². The van der Waals surface area contributed by atoms with Gasteiger partial charge in [-0.25, -0.2) is 0 Å². The monoisotopic (exact) mass is 305 g/mol. The number of carbonyl (C=O) groups is 2. The van der Waals surface area contributed by atoms with E-state index >= 15 is 0 Å². The zero-order chi connectivity index (χ0) is 16.5. The Balaban J connectivity index is 2.60. The van der Waals surface area contributed by atoms with E-state index in [0.717, 1.165) is 36.2 Å². The van der Waals surface area contributed by atoms with E-state index in [1.165, 1.54) is 0 Å². The number of nitrogens with one attached hydrogen (secondary N) is 2. The van der Waals surface area contributed by atoms with Crippen molar-refractivity contribution in [3.8, 4) is 0 Å². The van der Waals surface area contributed by atoms with Gasteiger partial charge in [-0.15, -0.1) is 0 Å². The number of carbonyl (C=O) groups excluding carboxylic acids is 2. The van der Waals surface area contributed by atoms with Crippen molar-refractivity contribution in [3.63, 3.8) is 0 Å². The highest BCUT2D eigenvalue weighted by molar-refractivity contribution is 6.04. The summed E-state index contributed by atoms with van der Waals surface area (Å²) < 4.78 is 0. The summed E-state index contributed by atoms with van der Waals surface area (Å²) in [5.41, 5.74) is 3.06. The highest BCUT2D eigenvalue weighted by Crippen LogP contribution is 2.22. The maximum absolute atomic E-state index is 12.1. The molecular formula is C17H27N3O2. The summed E-state index contributed by atoms with van der Waals surface area (Å²) >= 11 is 0. The van der Waals surface area contributed by atoms with Crippen LogP contribution in [0.15, 0.2) is 18.2 Å². The number of amides is 2. The number of aryl methyl sites for hydroxylation is 2. The number of hydrogen-bond donors (Lipinski definition) is 2. The molecule has 0 aliphatic rings. The second-order valence-corrected chi connectivity index (χ2v) is 5.54. The minimum Gasteiger partial charge on any atom is -0.354 e. The zero-order valence-corrected chi connectivity index (χ0v) is 14.0. The second kappa shape index (κ2) is 9.20. The quantitative estimate of drug-likeness (QED) is 0.720. The third kappa shape index (κ3) is 5.85. The number of benzene rings is 1. The van der Waals surface area contributed by atoms with Gasteiger partial charge in [0.15, 0.2) is 0 Å². The Morgan fingerprint density at radius 3 is 2.14 bits per heavy atom. The molecule has 0 spiro atoms. The van der Waals surface area contributed by atoms with Gasteiger partial charge in [0.1, 0.15) is 6.42 Å². The van der Waals surface area contributed by atoms with Crippen molar-refractivity contribution in [1.29, 1.82) is 0 Å². The molecule has 1 aromatic carbocycles. The molecule has 0 saturated carbocycles. The molecule has 0 radical (unpaired) electrons. The van der Waals surface area contributed by atoms with Crippen LogP contribution >= 0.6 is 0 Å². The smallest absolute Gasteiger partial charge is 0.233 e. The minimum absolute atomic E-state index is 0.144. The molecule has 0 aliphatic heterocycles. The van der Waals surface area contributed by atoms with Crippen LogP contribution in [0.2, 0.25) is 0 Å². The molecule has 0 fully saturated rings. The number of anilines is 1. The molecule has 1 rings (SSSR count). The Hall–Kier alpha value is -1.88. The number of rotatable bonds is 8. The maximum Gasteiger partial charge on any atom is 0.233 e. The number of hydrogen-bond acceptors (Lipinski definition) is 3. The Morgan fingerprint density at radius 2 is 1.64 bits per heavy atom. The summed E-state index contributed by atoms with van der Waals surface area (Å²) in [6.07, 6.45) is 1.55. The van der Waals surface area contributed by atoms with Gasteiger partial charge >= 0.3 is 0 Å². The van der Waals surface area contributed by atoms with Crippen LogP contribution in [0.4, 0.5) is 5.69 Å². The average Bonchev–Trinajstić information content (AvgIpc) is 2.46. The van der Waals surface area contributed by atoms with Crippen LogP contribution in [0, 0.1) is 0 Å². The van der Waals surface area contributed by atoms with Crippen molar-refractivity contribution in [1.82, 2.24) is 10.2 Å². The van der Waals surface area contributed by atoms with Crippen molar-refractivity contribution >= 4 is 17.5 Å². The lowest BCUT2D eigenvalue weighted by Crippen LogP contribution is -2.33. The van der Waals surface area contributed by atoms with Crippen LogP contribution in [0.25, 0.3) is 0 Å². The molecule has 0 aliphatic carbocycles. The first-order valence-electron chi connectivity index (χ1n) is 7.79. The molecule has 2 amide bonds. The van der Waals surface area contributed by atoms with Crippen molar-refractivity contribution in [3.05, 3.63) is 29.3 Å². The third-order valence-electron chi connectivity index (χ3n) is 3.47. The molecule has 0 unspecified atom stereocenters. The minimum atomic E-state index is -0.266. The van der Waals surface area contributed by atoms with Crippen molar-refractivity contribution in [2.45, 2.75) is 33.1 Å². The fourth-order valence-corrected chi connectivity index (χ4v) is 2.21. The van der Waals surface area contributed by atoms with Gasteiger partial charge in [-0.2, -0.15) is 0 Å². The highest BCUT2D eigenvalue weighted by Gasteiger charge is 2.13. The summed E-state index contributed by atoms with van der Waals surface area (Å²) in [4.78, 5) is 25.8. The summed E-state index contributed by atoms with van der Waals surface area (Å²) in [6, 6.07) is 6.01. The molecule has 122 valence electrons. The first-order valence-corrected chi connectivity index (χ1v) is 7.79. The first kappa shape index (κ1) is 18.2. The Morgan fingerprint density at radius 1 is 1.05 bits per heavy atom. The SMILES string of the molecule is CCc1cccc(CC)c1NC(=O)CC(=O)NCCN(C)C. The summed E-state index contributed by atoms with van der Waals surface area (Å²) in [6.45, 7) is 5.41. The van der Waals surface area contributed by atoms with Gasteiger partial charge in [-0.05, 0) is 38.1 Å². The van der Waals surface area contributed by atoms with E-state index in [2.05, 4.69) is 24.5 Å². The summed E-state index contributed by atoms with van der Waals surface area (Å²) in [5, 5.41) is 5.65. The molecule has 0 aromatic heterocycles. The van der Waals surface area contributed by atoms with Crippen molar-refractivity contribution in [2.24, 2.45) is 0 Å². The maximum atomic E-state index is 12.1. The van der Waals surface area contributed by atoms with Crippen LogP contribution < -0.4 is 10.6 Å². The van der Waals surface area contributed by atoms with E-state index < -0.39 is 0 Å². The van der Waals surface area contributed by atoms with Gasteiger partial charge in [-0.1, -0.05) is 32.0 Å². The van der Waals surface area contributed by atoms with E-state index in [1.54, 1.807) is 0 Å². The van der Waals surface area contributed by atoms with Crippen LogP contribution in [0.5, 0.6) is 0 Å². The lowest BCUT2D eigenvalue weighted by molar-refractivity contribution is -0.126. The first-order chi connectivity index (χ1) is 10.5. The fourth-order valence-electron chi connectivity index (χ4n) is 2.21. The molecule has 5 nitrogen and oxygen atoms in total. The average molecular weight is 305 g/mol. The number of likely N-dealkylation sites (N-methyl/N-ethyl adjacent to an activating group) is 1. The van der Waals surface area contributed by atoms with Gasteiger partial charge in [0.2, 0.25) is 11.8 Å². The predicted molar refractivity (Wildman–Crippen MR) is 90.0 cm³/mol. The molecule has 0 bridgehead atoms. The van der Waals surface area contributed by atoms with Gasteiger partial charge in [0.25, 0.3) is 0 Å². The van der Waals surface area contributed by atoms with Crippen LogP contribution in [0.3, 0.4) is 0 Å². The lowest BCUT2D eigenvalue weighted by Gasteiger charge is -2.14. The van der Waals surface area contributed by atoms with E-state index in [9.17, 15) is 9.59 Å². The second-order valence-electron chi connectivity index (χ2n) is 5.54. The number of nitrogens with zero attached hydrogens (tertiary/aromatic N) is 1.